The minimum absolute atomic E-state index is 0.0731. The number of aromatic nitrogens is 2. The van der Waals surface area contributed by atoms with Gasteiger partial charge in [0, 0.05) is 93.6 Å². The number of ether oxygens (including phenoxy) is 1. The first-order valence-electron chi connectivity index (χ1n) is 20.8. The second-order valence-electron chi connectivity index (χ2n) is 17.1. The molecule has 2 aromatic carbocycles. The van der Waals surface area contributed by atoms with E-state index in [4.69, 9.17) is 9.72 Å². The number of nitrogens with zero attached hydrogens (tertiary/aromatic N) is 7. The number of hydrogen-bond acceptors (Lipinski definition) is 12. The molecule has 6 heterocycles. The number of pyridine rings is 2. The Morgan fingerprint density at radius 1 is 0.917 bits per heavy atom. The second-order valence-corrected chi connectivity index (χ2v) is 17.1. The number of benzene rings is 2. The average molecular weight is 810 g/mol. The van der Waals surface area contributed by atoms with Crippen molar-refractivity contribution in [2.45, 2.75) is 64.1 Å². The molecule has 2 N–H and O–H groups in total. The normalized spacial score (nSPS) is 23.2. The van der Waals surface area contributed by atoms with Crippen LogP contribution in [0.1, 0.15) is 82.6 Å². The molecule has 308 valence electrons. The van der Waals surface area contributed by atoms with E-state index in [-0.39, 0.29) is 36.3 Å². The summed E-state index contributed by atoms with van der Waals surface area (Å²) in [7, 11) is 0. The minimum Gasteiger partial charge on any atom is -0.489 e. The molecule has 2 unspecified atom stereocenters. The summed E-state index contributed by atoms with van der Waals surface area (Å²) in [6.45, 7) is 10.3. The molecule has 0 spiro atoms. The number of carbonyl (C=O) groups is 5. The maximum Gasteiger partial charge on any atom is 0.262 e. The molecule has 3 saturated heterocycles. The molecule has 5 amide bonds. The smallest absolute Gasteiger partial charge is 0.262 e. The molecule has 4 fully saturated rings. The van der Waals surface area contributed by atoms with Gasteiger partial charge in [-0.1, -0.05) is 13.8 Å². The van der Waals surface area contributed by atoms with Gasteiger partial charge in [-0.05, 0) is 79.8 Å². The van der Waals surface area contributed by atoms with Crippen LogP contribution in [0.25, 0.3) is 10.9 Å². The van der Waals surface area contributed by atoms with Crippen LogP contribution in [0.15, 0.2) is 67.0 Å². The van der Waals surface area contributed by atoms with E-state index in [9.17, 15) is 29.2 Å². The lowest BCUT2D eigenvalue weighted by atomic mass is 9.64. The highest BCUT2D eigenvalue weighted by atomic mass is 16.5. The Morgan fingerprint density at radius 2 is 1.70 bits per heavy atom. The number of hydrogen-bond donors (Lipinski definition) is 2. The largest absolute Gasteiger partial charge is 0.489 e. The zero-order chi connectivity index (χ0) is 41.7. The Balaban J connectivity index is 0.721. The van der Waals surface area contributed by atoms with Gasteiger partial charge in [0.15, 0.2) is 0 Å². The van der Waals surface area contributed by atoms with E-state index in [0.717, 1.165) is 80.4 Å². The van der Waals surface area contributed by atoms with E-state index in [2.05, 4.69) is 50.2 Å². The lowest BCUT2D eigenvalue weighted by Gasteiger charge is -2.51. The minimum atomic E-state index is -0.977. The highest BCUT2D eigenvalue weighted by Crippen LogP contribution is 2.44. The van der Waals surface area contributed by atoms with Crippen LogP contribution >= 0.6 is 0 Å². The maximum absolute atomic E-state index is 13.3. The summed E-state index contributed by atoms with van der Waals surface area (Å²) in [5, 5.41) is 15.7. The summed E-state index contributed by atoms with van der Waals surface area (Å²) in [6, 6.07) is 17.5. The summed E-state index contributed by atoms with van der Waals surface area (Å²) in [5.74, 6) is -0.0356. The van der Waals surface area contributed by atoms with Gasteiger partial charge < -0.3 is 19.9 Å². The van der Waals surface area contributed by atoms with Crippen molar-refractivity contribution in [3.8, 4) is 11.8 Å². The van der Waals surface area contributed by atoms with Crippen LogP contribution in [0.5, 0.6) is 5.75 Å². The van der Waals surface area contributed by atoms with Crippen molar-refractivity contribution in [2.24, 2.45) is 11.3 Å². The fraction of sp³-hybridized carbons (Fsp3) is 0.422. The molecule has 15 heteroatoms. The van der Waals surface area contributed by atoms with Crippen molar-refractivity contribution >= 4 is 51.9 Å². The summed E-state index contributed by atoms with van der Waals surface area (Å²) >= 11 is 0. The molecule has 4 aliphatic heterocycles. The maximum atomic E-state index is 13.3. The Labute approximate surface area is 347 Å². The number of piperidine rings is 2. The fourth-order valence-corrected chi connectivity index (χ4v) is 9.33. The number of fused-ring (bicyclic) bond motifs is 2. The third-order valence-corrected chi connectivity index (χ3v) is 13.2. The van der Waals surface area contributed by atoms with E-state index in [1.807, 2.05) is 36.4 Å². The van der Waals surface area contributed by atoms with Gasteiger partial charge in [0.25, 0.3) is 17.7 Å². The van der Waals surface area contributed by atoms with Crippen molar-refractivity contribution in [1.82, 2.24) is 30.4 Å². The predicted molar refractivity (Wildman–Crippen MR) is 221 cm³/mol. The number of amides is 5. The Morgan fingerprint density at radius 3 is 2.42 bits per heavy atom. The van der Waals surface area contributed by atoms with Crippen molar-refractivity contribution in [2.75, 3.05) is 55.6 Å². The molecule has 1 saturated carbocycles. The van der Waals surface area contributed by atoms with Crippen LogP contribution in [0, 0.1) is 22.7 Å². The molecule has 60 heavy (non-hydrogen) atoms. The molecular formula is C45H47N9O6. The average Bonchev–Trinajstić information content (AvgIpc) is 3.51. The Kier molecular flexibility index (Phi) is 10.2. The number of imide groups is 2. The first-order chi connectivity index (χ1) is 29.0. The van der Waals surface area contributed by atoms with Gasteiger partial charge in [-0.3, -0.25) is 44.1 Å². The zero-order valence-electron chi connectivity index (χ0n) is 33.7. The van der Waals surface area contributed by atoms with Gasteiger partial charge >= 0.3 is 0 Å². The van der Waals surface area contributed by atoms with E-state index < -0.39 is 29.7 Å². The number of nitriles is 1. The number of piperazine rings is 1. The quantitative estimate of drug-likeness (QED) is 0.233. The van der Waals surface area contributed by atoms with Crippen LogP contribution in [0.4, 0.5) is 11.5 Å². The predicted octanol–water partition coefficient (Wildman–Crippen LogP) is 3.92. The lowest BCUT2D eigenvalue weighted by molar-refractivity contribution is -0.136. The van der Waals surface area contributed by atoms with Crippen LogP contribution in [0.3, 0.4) is 0 Å². The SMILES string of the molecule is CC1(C)C(NC(=O)c2ccc(N3CCC(CN4CCN(c5ccc6c(c5)C(=O)N(C5CCC(=O)NC5=O)C6=O)CC4)CC3)nc2)C[C@H]1Oc1ccc(C#N)c2ncccc12. The van der Waals surface area contributed by atoms with Crippen LogP contribution in [-0.4, -0.2) is 113 Å². The first kappa shape index (κ1) is 39.1. The van der Waals surface area contributed by atoms with Crippen LogP contribution < -0.4 is 25.2 Å². The van der Waals surface area contributed by atoms with Crippen molar-refractivity contribution in [3.05, 3.63) is 89.2 Å². The summed E-state index contributed by atoms with van der Waals surface area (Å²) in [4.78, 5) is 81.0. The number of rotatable bonds is 9. The van der Waals surface area contributed by atoms with Crippen molar-refractivity contribution in [1.29, 1.82) is 5.26 Å². The molecule has 0 radical (unpaired) electrons. The number of anilines is 2. The van der Waals surface area contributed by atoms with Crippen LogP contribution in [-0.2, 0) is 9.59 Å². The van der Waals surface area contributed by atoms with E-state index in [1.165, 1.54) is 0 Å². The first-order valence-corrected chi connectivity index (χ1v) is 20.8. The highest BCUT2D eigenvalue weighted by Gasteiger charge is 2.51. The van der Waals surface area contributed by atoms with Gasteiger partial charge in [0.1, 0.15) is 29.8 Å². The van der Waals surface area contributed by atoms with Gasteiger partial charge in [-0.15, -0.1) is 0 Å². The van der Waals surface area contributed by atoms with Gasteiger partial charge in [-0.2, -0.15) is 5.26 Å². The Hall–Kier alpha value is -6.40. The van der Waals surface area contributed by atoms with E-state index >= 15 is 0 Å². The molecule has 5 aliphatic rings. The topological polar surface area (TPSA) is 181 Å². The molecule has 4 aromatic rings. The van der Waals surface area contributed by atoms with Crippen molar-refractivity contribution in [3.63, 3.8) is 0 Å². The molecule has 3 atom stereocenters. The summed E-state index contributed by atoms with van der Waals surface area (Å²) in [6.07, 6.45) is 6.18. The van der Waals surface area contributed by atoms with Crippen LogP contribution in [0.2, 0.25) is 0 Å². The molecule has 0 bridgehead atoms. The third kappa shape index (κ3) is 7.19. The third-order valence-electron chi connectivity index (χ3n) is 13.2. The number of carbonyl (C=O) groups excluding carboxylic acids is 5. The molecule has 9 rings (SSSR count). The summed E-state index contributed by atoms with van der Waals surface area (Å²) in [5.41, 5.74) is 2.79. The standard InChI is InChI=1S/C45H47N9O6/c1-45(2)36(23-37(45)60-35-10-5-28(24-46)40-32(35)4-3-15-47-40)49-41(56)29-6-11-38(48-25-29)53-16-13-27(14-17-53)26-51-18-20-52(21-19-51)30-7-8-31-33(22-30)44(59)54(43(31)58)34-9-12-39(55)50-42(34)57/h3-8,10-11,15,22,25,27,34,36-37H,9,12-14,16-21,23,26H2,1-2H3,(H,49,56)(H,50,55,57)/t34?,36?,37-/m1/s1. The van der Waals surface area contributed by atoms with Gasteiger partial charge in [0.05, 0.1) is 27.8 Å². The monoisotopic (exact) mass is 809 g/mol. The lowest BCUT2D eigenvalue weighted by Crippen LogP contribution is -2.63. The Bertz CT molecular complexity index is 2430. The van der Waals surface area contributed by atoms with E-state index in [0.29, 0.717) is 45.9 Å². The van der Waals surface area contributed by atoms with Gasteiger partial charge in [-0.25, -0.2) is 4.98 Å². The fourth-order valence-electron chi connectivity index (χ4n) is 9.33. The van der Waals surface area contributed by atoms with Crippen molar-refractivity contribution < 1.29 is 28.7 Å². The second kappa shape index (κ2) is 15.6. The molecule has 2 aromatic heterocycles. The highest BCUT2D eigenvalue weighted by molar-refractivity contribution is 6.23. The summed E-state index contributed by atoms with van der Waals surface area (Å²) < 4.78 is 6.43. The molecule has 15 nitrogen and oxygen atoms in total. The van der Waals surface area contributed by atoms with E-state index in [1.54, 1.807) is 30.6 Å². The molecule has 1 aliphatic carbocycles. The molecular weight excluding hydrogens is 763 g/mol. The number of nitrogens with one attached hydrogen (secondary N) is 2. The zero-order valence-corrected chi connectivity index (χ0v) is 33.7. The van der Waals surface area contributed by atoms with Gasteiger partial charge in [0.2, 0.25) is 11.8 Å².